The minimum Gasteiger partial charge on any atom is -0.462 e. The predicted molar refractivity (Wildman–Crippen MR) is 95.2 cm³/mol. The van der Waals surface area contributed by atoms with Crippen molar-refractivity contribution in [2.45, 2.75) is 39.5 Å². The number of ether oxygens (including phenoxy) is 1. The Hall–Kier alpha value is -2.37. The van der Waals surface area contributed by atoms with Crippen LogP contribution in [0.4, 0.5) is 5.69 Å². The van der Waals surface area contributed by atoms with Crippen LogP contribution in [0.2, 0.25) is 0 Å². The summed E-state index contributed by atoms with van der Waals surface area (Å²) in [5.41, 5.74) is 0.555. The van der Waals surface area contributed by atoms with Gasteiger partial charge >= 0.3 is 17.8 Å². The van der Waals surface area contributed by atoms with Gasteiger partial charge in [0.2, 0.25) is 0 Å². The van der Waals surface area contributed by atoms with E-state index < -0.39 is 17.8 Å². The van der Waals surface area contributed by atoms with Crippen LogP contribution in [-0.2, 0) is 14.3 Å². The lowest BCUT2D eigenvalue weighted by molar-refractivity contribution is -0.144. The fourth-order valence-electron chi connectivity index (χ4n) is 2.69. The first kappa shape index (κ1) is 19.0. The minimum absolute atomic E-state index is 0.256. The number of piperidine rings is 1. The number of unbranched alkanes of at least 4 members (excludes halogenated alkanes) is 1. The molecule has 6 heteroatoms. The van der Waals surface area contributed by atoms with E-state index in [4.69, 9.17) is 4.74 Å². The molecule has 25 heavy (non-hydrogen) atoms. The Labute approximate surface area is 148 Å². The fourth-order valence-corrected chi connectivity index (χ4v) is 2.69. The van der Waals surface area contributed by atoms with Crippen molar-refractivity contribution < 1.29 is 19.1 Å². The van der Waals surface area contributed by atoms with Crippen LogP contribution in [0.25, 0.3) is 0 Å². The monoisotopic (exact) mass is 346 g/mol. The summed E-state index contributed by atoms with van der Waals surface area (Å²) in [5, 5.41) is 2.56. The Morgan fingerprint density at radius 1 is 1.20 bits per heavy atom. The van der Waals surface area contributed by atoms with Gasteiger partial charge in [0.15, 0.2) is 0 Å². The highest BCUT2D eigenvalue weighted by atomic mass is 16.5. The van der Waals surface area contributed by atoms with Crippen LogP contribution in [-0.4, -0.2) is 42.4 Å². The molecule has 0 atom stereocenters. The first-order valence-electron chi connectivity index (χ1n) is 8.89. The van der Waals surface area contributed by atoms with Crippen molar-refractivity contribution in [3.63, 3.8) is 0 Å². The number of nitrogens with zero attached hydrogens (tertiary/aromatic N) is 1. The Morgan fingerprint density at radius 3 is 2.56 bits per heavy atom. The zero-order chi connectivity index (χ0) is 18.2. The largest absolute Gasteiger partial charge is 0.462 e. The number of carbonyl (C=O) groups excluding carboxylic acids is 3. The number of hydrogen-bond acceptors (Lipinski definition) is 4. The molecule has 136 valence electrons. The summed E-state index contributed by atoms with van der Waals surface area (Å²) in [5.74, 6) is -1.20. The molecule has 1 aliphatic rings. The zero-order valence-electron chi connectivity index (χ0n) is 14.9. The molecule has 2 rings (SSSR count). The molecule has 0 spiro atoms. The molecule has 1 heterocycles. The molecule has 1 fully saturated rings. The molecule has 0 saturated carbocycles. The third-order valence-electron chi connectivity index (χ3n) is 4.39. The van der Waals surface area contributed by atoms with E-state index in [2.05, 4.69) is 12.2 Å². The van der Waals surface area contributed by atoms with Gasteiger partial charge in [0.05, 0.1) is 17.9 Å². The van der Waals surface area contributed by atoms with Crippen LogP contribution in [0.15, 0.2) is 24.3 Å². The predicted octanol–water partition coefficient (Wildman–Crippen LogP) is 2.84. The number of benzene rings is 1. The fraction of sp³-hybridized carbons (Fsp3) is 0.526. The lowest BCUT2D eigenvalue weighted by Crippen LogP contribution is -2.44. The summed E-state index contributed by atoms with van der Waals surface area (Å²) >= 11 is 0. The highest BCUT2D eigenvalue weighted by Gasteiger charge is 2.26. The van der Waals surface area contributed by atoms with Gasteiger partial charge in [-0.3, -0.25) is 9.59 Å². The van der Waals surface area contributed by atoms with Crippen LogP contribution >= 0.6 is 0 Å². The standard InChI is InChI=1S/C19H26N2O4/c1-3-4-13-25-19(24)15-7-5-6-8-16(15)20-17(22)18(23)21-11-9-14(2)10-12-21/h5-8,14H,3-4,9-13H2,1-2H3,(H,20,22). The van der Waals surface area contributed by atoms with Crippen molar-refractivity contribution >= 4 is 23.5 Å². The van der Waals surface area contributed by atoms with E-state index in [0.29, 0.717) is 31.3 Å². The molecule has 6 nitrogen and oxygen atoms in total. The van der Waals surface area contributed by atoms with E-state index in [1.807, 2.05) is 6.92 Å². The van der Waals surface area contributed by atoms with Gasteiger partial charge in [-0.2, -0.15) is 0 Å². The quantitative estimate of drug-likeness (QED) is 0.505. The molecular formula is C19H26N2O4. The summed E-state index contributed by atoms with van der Waals surface area (Å²) in [7, 11) is 0. The smallest absolute Gasteiger partial charge is 0.340 e. The molecule has 1 aromatic carbocycles. The van der Waals surface area contributed by atoms with E-state index in [0.717, 1.165) is 25.7 Å². The number of hydrogen-bond donors (Lipinski definition) is 1. The Bertz CT molecular complexity index is 622. The molecule has 0 unspecified atom stereocenters. The van der Waals surface area contributed by atoms with Crippen LogP contribution in [0, 0.1) is 5.92 Å². The average molecular weight is 346 g/mol. The second-order valence-electron chi connectivity index (χ2n) is 6.46. The number of anilines is 1. The van der Waals surface area contributed by atoms with Crippen molar-refractivity contribution in [1.82, 2.24) is 4.90 Å². The van der Waals surface area contributed by atoms with E-state index >= 15 is 0 Å². The first-order valence-corrected chi connectivity index (χ1v) is 8.89. The molecule has 0 radical (unpaired) electrons. The van der Waals surface area contributed by atoms with Crippen LogP contribution in [0.5, 0.6) is 0 Å². The molecule has 0 aliphatic carbocycles. The van der Waals surface area contributed by atoms with E-state index in [9.17, 15) is 14.4 Å². The number of amides is 2. The highest BCUT2D eigenvalue weighted by Crippen LogP contribution is 2.19. The molecule has 1 aromatic rings. The van der Waals surface area contributed by atoms with Gasteiger partial charge in [-0.25, -0.2) is 4.79 Å². The highest BCUT2D eigenvalue weighted by molar-refractivity contribution is 6.39. The van der Waals surface area contributed by atoms with Gasteiger partial charge in [-0.1, -0.05) is 32.4 Å². The van der Waals surface area contributed by atoms with Crippen molar-refractivity contribution in [1.29, 1.82) is 0 Å². The lowest BCUT2D eigenvalue weighted by Gasteiger charge is -2.29. The molecular weight excluding hydrogens is 320 g/mol. The van der Waals surface area contributed by atoms with Gasteiger partial charge in [-0.15, -0.1) is 0 Å². The Balaban J connectivity index is 2.00. The Morgan fingerprint density at radius 2 is 1.88 bits per heavy atom. The number of rotatable bonds is 5. The second kappa shape index (κ2) is 9.20. The lowest BCUT2D eigenvalue weighted by atomic mass is 9.99. The van der Waals surface area contributed by atoms with Gasteiger partial charge in [0.1, 0.15) is 0 Å². The number of esters is 1. The van der Waals surface area contributed by atoms with Crippen LogP contribution in [0.3, 0.4) is 0 Å². The molecule has 1 saturated heterocycles. The number of likely N-dealkylation sites (tertiary alicyclic amines) is 1. The summed E-state index contributed by atoms with van der Waals surface area (Å²) < 4.78 is 5.19. The van der Waals surface area contributed by atoms with E-state index in [-0.39, 0.29) is 5.56 Å². The molecule has 2 amide bonds. The second-order valence-corrected chi connectivity index (χ2v) is 6.46. The SMILES string of the molecule is CCCCOC(=O)c1ccccc1NC(=O)C(=O)N1CCC(C)CC1. The van der Waals surface area contributed by atoms with Crippen LogP contribution < -0.4 is 5.32 Å². The van der Waals surface area contributed by atoms with Crippen molar-refractivity contribution in [3.8, 4) is 0 Å². The summed E-state index contributed by atoms with van der Waals surface area (Å²) in [6.45, 7) is 5.67. The van der Waals surface area contributed by atoms with Gasteiger partial charge in [0, 0.05) is 13.1 Å². The summed E-state index contributed by atoms with van der Waals surface area (Å²) in [6, 6.07) is 6.57. The molecule has 1 N–H and O–H groups in total. The van der Waals surface area contributed by atoms with Crippen molar-refractivity contribution in [2.24, 2.45) is 5.92 Å². The number of carbonyl (C=O) groups is 3. The zero-order valence-corrected chi connectivity index (χ0v) is 14.9. The summed E-state index contributed by atoms with van der Waals surface area (Å²) in [4.78, 5) is 38.3. The van der Waals surface area contributed by atoms with Gasteiger partial charge in [0.25, 0.3) is 0 Å². The van der Waals surface area contributed by atoms with E-state index in [1.165, 1.54) is 0 Å². The maximum Gasteiger partial charge on any atom is 0.340 e. The number of nitrogens with one attached hydrogen (secondary N) is 1. The van der Waals surface area contributed by atoms with Gasteiger partial charge in [-0.05, 0) is 37.3 Å². The van der Waals surface area contributed by atoms with Gasteiger partial charge < -0.3 is 15.0 Å². The van der Waals surface area contributed by atoms with Crippen LogP contribution in [0.1, 0.15) is 49.9 Å². The van der Waals surface area contributed by atoms with Crippen molar-refractivity contribution in [2.75, 3.05) is 25.0 Å². The van der Waals surface area contributed by atoms with Crippen molar-refractivity contribution in [3.05, 3.63) is 29.8 Å². The molecule has 1 aliphatic heterocycles. The number of para-hydroxylation sites is 1. The Kier molecular flexibility index (Phi) is 6.98. The maximum atomic E-state index is 12.3. The maximum absolute atomic E-state index is 12.3. The van der Waals surface area contributed by atoms with E-state index in [1.54, 1.807) is 29.2 Å². The summed E-state index contributed by atoms with van der Waals surface area (Å²) in [6.07, 6.45) is 3.51. The molecule has 0 aromatic heterocycles. The third-order valence-corrected chi connectivity index (χ3v) is 4.39. The third kappa shape index (κ3) is 5.31. The normalized spacial score (nSPS) is 14.9. The average Bonchev–Trinajstić information content (AvgIpc) is 2.62. The first-order chi connectivity index (χ1) is 12.0. The molecule has 0 bridgehead atoms. The topological polar surface area (TPSA) is 75.7 Å². The minimum atomic E-state index is -0.719.